The van der Waals surface area contributed by atoms with E-state index in [4.69, 9.17) is 0 Å². The molecule has 15 aromatic carbocycles. The molecule has 0 bridgehead atoms. The first kappa shape index (κ1) is 49.4. The van der Waals surface area contributed by atoms with E-state index in [0.29, 0.717) is 0 Å². The fraction of sp³-hybridized carbons (Fsp3) is 0. The summed E-state index contributed by atoms with van der Waals surface area (Å²) in [5, 5.41) is 5.15. The van der Waals surface area contributed by atoms with Crippen molar-refractivity contribution >= 4 is 21.5 Å². The largest absolute Gasteiger partial charge is 0.0622 e. The lowest BCUT2D eigenvalue weighted by Gasteiger charge is -2.22. The van der Waals surface area contributed by atoms with Crippen LogP contribution in [0.25, 0.3) is 177 Å². The molecule has 0 radical (unpaired) electrons. The van der Waals surface area contributed by atoms with Crippen LogP contribution in [0.15, 0.2) is 328 Å². The molecule has 17 rings (SSSR count). The first-order valence-corrected chi connectivity index (χ1v) is 29.9. The highest BCUT2D eigenvalue weighted by Gasteiger charge is 2.33. The molecule has 0 aliphatic heterocycles. The summed E-state index contributed by atoms with van der Waals surface area (Å²) < 4.78 is 0. The molecule has 0 spiro atoms. The number of hydrogen-bond donors (Lipinski definition) is 0. The lowest BCUT2D eigenvalue weighted by molar-refractivity contribution is 1.54. The second-order valence-corrected chi connectivity index (χ2v) is 22.9. The maximum absolute atomic E-state index is 2.49. The van der Waals surface area contributed by atoms with Crippen LogP contribution in [0.4, 0.5) is 0 Å². The second kappa shape index (κ2) is 20.3. The van der Waals surface area contributed by atoms with E-state index >= 15 is 0 Å². The molecule has 0 heterocycles. The Morgan fingerprint density at radius 1 is 0.128 bits per heavy atom. The van der Waals surface area contributed by atoms with Crippen LogP contribution in [0.2, 0.25) is 0 Å². The van der Waals surface area contributed by atoms with Gasteiger partial charge in [-0.2, -0.15) is 0 Å². The third-order valence-electron chi connectivity index (χ3n) is 18.2. The lowest BCUT2D eigenvalue weighted by Crippen LogP contribution is -1.96. The van der Waals surface area contributed by atoms with Gasteiger partial charge in [0, 0.05) is 0 Å². The molecule has 0 saturated heterocycles. The lowest BCUT2D eigenvalue weighted by atomic mass is 9.80. The van der Waals surface area contributed by atoms with Crippen molar-refractivity contribution < 1.29 is 0 Å². The zero-order valence-electron chi connectivity index (χ0n) is 47.2. The quantitative estimate of drug-likeness (QED) is 0.128. The van der Waals surface area contributed by atoms with Crippen molar-refractivity contribution in [3.63, 3.8) is 0 Å². The summed E-state index contributed by atoms with van der Waals surface area (Å²) in [7, 11) is 0. The van der Waals surface area contributed by atoms with Crippen molar-refractivity contribution in [2.24, 2.45) is 0 Å². The third kappa shape index (κ3) is 7.99. The highest BCUT2D eigenvalue weighted by atomic mass is 14.4. The number of rotatable bonds is 10. The minimum Gasteiger partial charge on any atom is -0.0622 e. The Hall–Kier alpha value is -11.2. The van der Waals surface area contributed by atoms with Crippen LogP contribution in [0.3, 0.4) is 0 Å². The summed E-state index contributed by atoms with van der Waals surface area (Å²) in [6.45, 7) is 0. The summed E-state index contributed by atoms with van der Waals surface area (Å²) in [5.74, 6) is 0. The Bertz CT molecular complexity index is 5130. The van der Waals surface area contributed by atoms with E-state index in [1.165, 1.54) is 177 Å². The number of fused-ring (bicyclic) bond motifs is 6. The first-order chi connectivity index (χ1) is 42.7. The highest BCUT2D eigenvalue weighted by Crippen LogP contribution is 2.60. The molecule has 0 atom stereocenters. The molecular weight excluding hydrogens is 1030 g/mol. The van der Waals surface area contributed by atoms with Gasteiger partial charge in [-0.05, 0) is 196 Å². The summed E-state index contributed by atoms with van der Waals surface area (Å²) >= 11 is 0. The van der Waals surface area contributed by atoms with E-state index < -0.39 is 0 Å². The van der Waals surface area contributed by atoms with Gasteiger partial charge in [0.15, 0.2) is 0 Å². The Morgan fingerprint density at radius 3 is 1.07 bits per heavy atom. The van der Waals surface area contributed by atoms with E-state index in [-0.39, 0.29) is 0 Å². The Labute approximate surface area is 501 Å². The minimum atomic E-state index is 1.17. The molecule has 398 valence electrons. The highest BCUT2D eigenvalue weighted by molar-refractivity contribution is 6.26. The van der Waals surface area contributed by atoms with Gasteiger partial charge in [0.25, 0.3) is 0 Å². The van der Waals surface area contributed by atoms with Crippen molar-refractivity contribution in [3.8, 4) is 156 Å². The van der Waals surface area contributed by atoms with E-state index in [1.54, 1.807) is 0 Å². The average molecular weight is 1090 g/mol. The predicted molar refractivity (Wildman–Crippen MR) is 365 cm³/mol. The van der Waals surface area contributed by atoms with E-state index in [1.807, 2.05) is 0 Å². The van der Waals surface area contributed by atoms with Crippen LogP contribution < -0.4 is 0 Å². The van der Waals surface area contributed by atoms with Crippen molar-refractivity contribution in [1.82, 2.24) is 0 Å². The SMILES string of the molecule is c1ccc(-c2cccc(-c3cc(-c4ccccc4)c4c(c3-c3ccc(-c5ccc(-c6cc(-c7ccccc7-c7ccccc7)c(-c7ccccc7)c7c6-c6cccc8cccc-7c68)cc5)cc3)-c3cccc5c(-c6ccccc6)ccc-4c35)c2)cc1. The number of benzene rings is 15. The molecule has 2 aliphatic carbocycles. The normalized spacial score (nSPS) is 11.7. The molecule has 0 N–H and O–H groups in total. The van der Waals surface area contributed by atoms with Gasteiger partial charge in [-0.25, -0.2) is 0 Å². The third-order valence-corrected chi connectivity index (χ3v) is 18.2. The molecule has 0 heteroatoms. The summed E-state index contributed by atoms with van der Waals surface area (Å²) in [6.07, 6.45) is 0. The Kier molecular flexibility index (Phi) is 11.7. The van der Waals surface area contributed by atoms with Gasteiger partial charge in [0.05, 0.1) is 0 Å². The first-order valence-electron chi connectivity index (χ1n) is 29.9. The van der Waals surface area contributed by atoms with Crippen LogP contribution >= 0.6 is 0 Å². The van der Waals surface area contributed by atoms with Gasteiger partial charge in [-0.1, -0.05) is 309 Å². The van der Waals surface area contributed by atoms with Gasteiger partial charge in [0.2, 0.25) is 0 Å². The molecule has 0 amide bonds. The van der Waals surface area contributed by atoms with Gasteiger partial charge in [-0.15, -0.1) is 0 Å². The van der Waals surface area contributed by atoms with Crippen LogP contribution in [0, 0.1) is 0 Å². The number of hydrogen-bond acceptors (Lipinski definition) is 0. The van der Waals surface area contributed by atoms with Crippen molar-refractivity contribution in [2.45, 2.75) is 0 Å². The molecule has 2 aliphatic rings. The summed E-state index contributed by atoms with van der Waals surface area (Å²) in [5.41, 5.74) is 34.5. The molecule has 86 heavy (non-hydrogen) atoms. The van der Waals surface area contributed by atoms with E-state index in [9.17, 15) is 0 Å². The minimum absolute atomic E-state index is 1.17. The van der Waals surface area contributed by atoms with Gasteiger partial charge < -0.3 is 0 Å². The Balaban J connectivity index is 0.843. The Morgan fingerprint density at radius 2 is 0.465 bits per heavy atom. The van der Waals surface area contributed by atoms with Crippen LogP contribution in [-0.4, -0.2) is 0 Å². The fourth-order valence-electron chi connectivity index (χ4n) is 14.4. The van der Waals surface area contributed by atoms with Gasteiger partial charge in [0.1, 0.15) is 0 Å². The van der Waals surface area contributed by atoms with E-state index in [2.05, 4.69) is 328 Å². The molecule has 0 unspecified atom stereocenters. The van der Waals surface area contributed by atoms with E-state index in [0.717, 1.165) is 0 Å². The smallest absolute Gasteiger partial charge is 0.000763 e. The standard InChI is InChI=1S/C86H54/c1-6-22-55(23-7-1)65-34-18-35-66(52-65)77-53-75(60-28-12-4-13-29-60)84-74-51-50-68(59-26-10-3-11-27-59)70-38-21-41-73(82(70)74)86(84)80(77)64-48-44-57(45-49-64)56-42-46-61(47-43-56)76-54-78(69-37-17-16-36-67(69)58-24-8-2-9-25-58)81(63-30-14-5-15-31-63)85-72-40-20-33-62-32-19-39-71(79(62)72)83(76)85/h1-54H. The van der Waals surface area contributed by atoms with Crippen LogP contribution in [0.1, 0.15) is 0 Å². The predicted octanol–water partition coefficient (Wildman–Crippen LogP) is 24.0. The van der Waals surface area contributed by atoms with Crippen molar-refractivity contribution in [1.29, 1.82) is 0 Å². The molecule has 0 fully saturated rings. The maximum atomic E-state index is 2.49. The topological polar surface area (TPSA) is 0 Å². The molecular formula is C86H54. The van der Waals surface area contributed by atoms with Crippen molar-refractivity contribution in [3.05, 3.63) is 328 Å². The van der Waals surface area contributed by atoms with Crippen LogP contribution in [0.5, 0.6) is 0 Å². The second-order valence-electron chi connectivity index (χ2n) is 22.9. The van der Waals surface area contributed by atoms with Gasteiger partial charge in [-0.3, -0.25) is 0 Å². The zero-order chi connectivity index (χ0) is 56.7. The molecule has 0 aromatic heterocycles. The maximum Gasteiger partial charge on any atom is -0.000763 e. The van der Waals surface area contributed by atoms with Crippen LogP contribution in [-0.2, 0) is 0 Å². The zero-order valence-corrected chi connectivity index (χ0v) is 47.2. The monoisotopic (exact) mass is 1090 g/mol. The molecule has 15 aromatic rings. The molecule has 0 saturated carbocycles. The van der Waals surface area contributed by atoms with Crippen molar-refractivity contribution in [2.75, 3.05) is 0 Å². The van der Waals surface area contributed by atoms with Gasteiger partial charge >= 0.3 is 0 Å². The average Bonchev–Trinajstić information content (AvgIpc) is 1.62. The molecule has 0 nitrogen and oxygen atoms in total. The fourth-order valence-corrected chi connectivity index (χ4v) is 14.4. The summed E-state index contributed by atoms with van der Waals surface area (Å²) in [6, 6.07) is 122. The summed E-state index contributed by atoms with van der Waals surface area (Å²) in [4.78, 5) is 0.